The average molecular weight is 400 g/mol. The fourth-order valence-electron chi connectivity index (χ4n) is 3.50. The Balaban J connectivity index is 1.55. The van der Waals surface area contributed by atoms with Gasteiger partial charge in [-0.05, 0) is 48.7 Å². The Morgan fingerprint density at radius 1 is 0.967 bits per heavy atom. The van der Waals surface area contributed by atoms with Crippen molar-refractivity contribution in [3.8, 4) is 17.2 Å². The van der Waals surface area contributed by atoms with Crippen molar-refractivity contribution in [3.05, 3.63) is 94.2 Å². The number of ether oxygens (including phenoxy) is 3. The maximum Gasteiger partial charge on any atom is 0.231 e. The maximum atomic E-state index is 12.8. The third-order valence-corrected chi connectivity index (χ3v) is 5.30. The van der Waals surface area contributed by atoms with Crippen molar-refractivity contribution in [2.75, 3.05) is 7.11 Å². The summed E-state index contributed by atoms with van der Waals surface area (Å²) < 4.78 is 17.3. The molecule has 0 radical (unpaired) electrons. The van der Waals surface area contributed by atoms with Gasteiger partial charge in [0, 0.05) is 11.1 Å². The number of aryl methyl sites for hydroxylation is 1. The lowest BCUT2D eigenvalue weighted by molar-refractivity contribution is 0.101. The third-order valence-electron chi connectivity index (χ3n) is 5.30. The van der Waals surface area contributed by atoms with Gasteiger partial charge in [0.15, 0.2) is 5.76 Å². The summed E-state index contributed by atoms with van der Waals surface area (Å²) in [6.45, 7) is 4.39. The first-order valence-electron chi connectivity index (χ1n) is 10.0. The van der Waals surface area contributed by atoms with Crippen molar-refractivity contribution < 1.29 is 19.0 Å². The van der Waals surface area contributed by atoms with Gasteiger partial charge in [-0.25, -0.2) is 0 Å². The summed E-state index contributed by atoms with van der Waals surface area (Å²) in [5, 5.41) is 0. The Labute approximate surface area is 176 Å². The molecule has 0 fully saturated rings. The molecule has 0 amide bonds. The normalized spacial score (nSPS) is 13.8. The number of benzene rings is 3. The second-order valence-corrected chi connectivity index (χ2v) is 7.20. The number of fused-ring (bicyclic) bond motifs is 1. The van der Waals surface area contributed by atoms with Crippen molar-refractivity contribution in [2.45, 2.75) is 26.9 Å². The van der Waals surface area contributed by atoms with Crippen LogP contribution >= 0.6 is 0 Å². The fourth-order valence-corrected chi connectivity index (χ4v) is 3.50. The van der Waals surface area contributed by atoms with Gasteiger partial charge in [-0.1, -0.05) is 49.4 Å². The second-order valence-electron chi connectivity index (χ2n) is 7.20. The zero-order valence-electron chi connectivity index (χ0n) is 17.4. The summed E-state index contributed by atoms with van der Waals surface area (Å²) in [7, 11) is 1.64. The topological polar surface area (TPSA) is 44.8 Å². The van der Waals surface area contributed by atoms with Gasteiger partial charge in [-0.3, -0.25) is 4.79 Å². The first kappa shape index (κ1) is 19.8. The highest BCUT2D eigenvalue weighted by atomic mass is 16.5. The quantitative estimate of drug-likeness (QED) is 0.494. The number of ketones is 1. The van der Waals surface area contributed by atoms with Crippen LogP contribution in [0.2, 0.25) is 0 Å². The predicted molar refractivity (Wildman–Crippen MR) is 117 cm³/mol. The molecule has 30 heavy (non-hydrogen) atoms. The highest BCUT2D eigenvalue weighted by Crippen LogP contribution is 2.39. The van der Waals surface area contributed by atoms with Crippen LogP contribution in [0, 0.1) is 6.92 Å². The van der Waals surface area contributed by atoms with E-state index < -0.39 is 0 Å². The average Bonchev–Trinajstić information content (AvgIpc) is 3.10. The molecule has 0 atom stereocenters. The molecule has 4 nitrogen and oxygen atoms in total. The zero-order chi connectivity index (χ0) is 21.1. The molecule has 0 unspecified atom stereocenters. The van der Waals surface area contributed by atoms with Crippen molar-refractivity contribution in [2.24, 2.45) is 0 Å². The van der Waals surface area contributed by atoms with Crippen molar-refractivity contribution in [1.82, 2.24) is 0 Å². The molecule has 0 spiro atoms. The minimum absolute atomic E-state index is 0.107. The van der Waals surface area contributed by atoms with Crippen LogP contribution in [0.25, 0.3) is 6.08 Å². The Morgan fingerprint density at radius 3 is 2.47 bits per heavy atom. The lowest BCUT2D eigenvalue weighted by Crippen LogP contribution is -2.00. The van der Waals surface area contributed by atoms with Crippen LogP contribution < -0.4 is 14.2 Å². The molecule has 0 bridgehead atoms. The summed E-state index contributed by atoms with van der Waals surface area (Å²) in [6.07, 6.45) is 2.77. The van der Waals surface area contributed by atoms with E-state index in [4.69, 9.17) is 14.2 Å². The highest BCUT2D eigenvalue weighted by molar-refractivity contribution is 6.14. The summed E-state index contributed by atoms with van der Waals surface area (Å²) in [5.41, 5.74) is 4.52. The van der Waals surface area contributed by atoms with Gasteiger partial charge in [-0.15, -0.1) is 0 Å². The number of carbonyl (C=O) groups excluding carboxylic acids is 1. The Bertz CT molecular complexity index is 1110. The molecule has 152 valence electrons. The van der Waals surface area contributed by atoms with Crippen LogP contribution in [0.4, 0.5) is 0 Å². The molecule has 1 heterocycles. The van der Waals surface area contributed by atoms with Crippen LogP contribution in [0.5, 0.6) is 17.2 Å². The summed E-state index contributed by atoms with van der Waals surface area (Å²) in [5.74, 6) is 2.25. The van der Waals surface area contributed by atoms with E-state index >= 15 is 0 Å². The van der Waals surface area contributed by atoms with Crippen molar-refractivity contribution in [1.29, 1.82) is 0 Å². The number of allylic oxidation sites excluding steroid dienone is 1. The molecular formula is C26H24O4. The van der Waals surface area contributed by atoms with E-state index in [1.165, 1.54) is 5.56 Å². The van der Waals surface area contributed by atoms with Gasteiger partial charge in [0.1, 0.15) is 23.9 Å². The Kier molecular flexibility index (Phi) is 5.57. The molecule has 0 aliphatic carbocycles. The van der Waals surface area contributed by atoms with E-state index in [1.807, 2.05) is 49.4 Å². The number of methoxy groups -OCH3 is 1. The predicted octanol–water partition coefficient (Wildman–Crippen LogP) is 5.76. The van der Waals surface area contributed by atoms with Gasteiger partial charge >= 0.3 is 0 Å². The molecule has 0 N–H and O–H groups in total. The largest absolute Gasteiger partial charge is 0.496 e. The number of hydrogen-bond donors (Lipinski definition) is 0. The zero-order valence-corrected chi connectivity index (χ0v) is 17.4. The minimum Gasteiger partial charge on any atom is -0.496 e. The lowest BCUT2D eigenvalue weighted by atomic mass is 10.0. The molecule has 1 aliphatic rings. The van der Waals surface area contributed by atoms with E-state index in [0.717, 1.165) is 28.9 Å². The lowest BCUT2D eigenvalue weighted by Gasteiger charge is -2.13. The molecule has 4 heteroatoms. The minimum atomic E-state index is -0.107. The number of hydrogen-bond acceptors (Lipinski definition) is 4. The van der Waals surface area contributed by atoms with Gasteiger partial charge in [0.2, 0.25) is 5.78 Å². The monoisotopic (exact) mass is 400 g/mol. The van der Waals surface area contributed by atoms with Gasteiger partial charge in [0.25, 0.3) is 0 Å². The number of Topliss-reactive ketones (excluding diaryl/α,β-unsaturated/α-hetero) is 1. The van der Waals surface area contributed by atoms with Gasteiger partial charge in [0.05, 0.1) is 12.7 Å². The molecular weight excluding hydrogens is 376 g/mol. The second kappa shape index (κ2) is 8.46. The van der Waals surface area contributed by atoms with Crippen LogP contribution in [-0.4, -0.2) is 12.9 Å². The van der Waals surface area contributed by atoms with Crippen molar-refractivity contribution in [3.63, 3.8) is 0 Å². The first-order chi connectivity index (χ1) is 14.6. The van der Waals surface area contributed by atoms with Crippen LogP contribution in [-0.2, 0) is 13.0 Å². The van der Waals surface area contributed by atoms with Crippen LogP contribution in [0.15, 0.2) is 66.4 Å². The molecule has 0 saturated heterocycles. The smallest absolute Gasteiger partial charge is 0.231 e. The van der Waals surface area contributed by atoms with Gasteiger partial charge < -0.3 is 14.2 Å². The maximum absolute atomic E-state index is 12.8. The van der Waals surface area contributed by atoms with Crippen LogP contribution in [0.1, 0.15) is 39.5 Å². The molecule has 3 aromatic rings. The number of rotatable bonds is 6. The van der Waals surface area contributed by atoms with Crippen LogP contribution in [0.3, 0.4) is 0 Å². The molecule has 0 aromatic heterocycles. The van der Waals surface area contributed by atoms with E-state index in [1.54, 1.807) is 19.3 Å². The fraction of sp³-hybridized carbons (Fsp3) is 0.192. The third kappa shape index (κ3) is 3.81. The first-order valence-corrected chi connectivity index (χ1v) is 10.0. The molecule has 3 aromatic carbocycles. The van der Waals surface area contributed by atoms with E-state index in [-0.39, 0.29) is 5.78 Å². The Morgan fingerprint density at radius 2 is 1.73 bits per heavy atom. The van der Waals surface area contributed by atoms with Gasteiger partial charge in [-0.2, -0.15) is 0 Å². The number of carbonyl (C=O) groups is 1. The SMILES string of the molecule is CCc1ccc(/C=C2\Oc3c(ccc(OCc4ccccc4OC)c3C)C2=O)cc1. The summed E-state index contributed by atoms with van der Waals surface area (Å²) in [6, 6.07) is 19.5. The number of para-hydroxylation sites is 1. The van der Waals surface area contributed by atoms with E-state index in [2.05, 4.69) is 19.1 Å². The summed E-state index contributed by atoms with van der Waals surface area (Å²) in [4.78, 5) is 12.8. The van der Waals surface area contributed by atoms with E-state index in [0.29, 0.717) is 29.4 Å². The Hall–Kier alpha value is -3.53. The van der Waals surface area contributed by atoms with Crippen molar-refractivity contribution >= 4 is 11.9 Å². The molecule has 4 rings (SSSR count). The molecule has 0 saturated carbocycles. The standard InChI is InChI=1S/C26H24O4/c1-4-18-9-11-19(12-10-18)15-24-25(27)21-13-14-22(17(2)26(21)30-24)29-16-20-7-5-6-8-23(20)28-3/h5-15H,4,16H2,1-3H3/b24-15-. The summed E-state index contributed by atoms with van der Waals surface area (Å²) >= 11 is 0. The highest BCUT2D eigenvalue weighted by Gasteiger charge is 2.30. The molecule has 1 aliphatic heterocycles. The van der Waals surface area contributed by atoms with E-state index in [9.17, 15) is 4.79 Å².